The molecule has 1 aliphatic rings. The van der Waals surface area contributed by atoms with E-state index in [1.807, 2.05) is 0 Å². The van der Waals surface area contributed by atoms with Crippen LogP contribution in [0.2, 0.25) is 0 Å². The Morgan fingerprint density at radius 3 is 2.86 bits per heavy atom. The minimum atomic E-state index is -0.956. The van der Waals surface area contributed by atoms with Crippen LogP contribution in [0.5, 0.6) is 0 Å². The number of hydrogen-bond donors (Lipinski definition) is 1. The Morgan fingerprint density at radius 2 is 2.05 bits per heavy atom. The van der Waals surface area contributed by atoms with E-state index in [1.165, 1.54) is 12.1 Å². The van der Waals surface area contributed by atoms with Crippen LogP contribution in [-0.2, 0) is 16.0 Å². The van der Waals surface area contributed by atoms with Gasteiger partial charge in [0.2, 0.25) is 0 Å². The first kappa shape index (κ1) is 14.3. The third kappa shape index (κ3) is 2.70. The molecule has 0 fully saturated rings. The van der Waals surface area contributed by atoms with E-state index >= 15 is 0 Å². The molecule has 0 spiro atoms. The molecule has 2 aromatic carbocycles. The van der Waals surface area contributed by atoms with E-state index in [1.54, 1.807) is 37.3 Å². The number of anilines is 1. The van der Waals surface area contributed by atoms with Gasteiger partial charge in [0.25, 0.3) is 5.91 Å². The zero-order valence-electron chi connectivity index (χ0n) is 11.9. The first-order valence-corrected chi connectivity index (χ1v) is 6.90. The smallest absolute Gasteiger partial charge is 0.339 e. The van der Waals surface area contributed by atoms with Crippen LogP contribution in [0, 0.1) is 12.7 Å². The molecule has 0 aromatic heterocycles. The predicted octanol–water partition coefficient (Wildman–Crippen LogP) is 2.85. The Hall–Kier alpha value is -2.69. The van der Waals surface area contributed by atoms with E-state index in [-0.39, 0.29) is 12.1 Å². The van der Waals surface area contributed by atoms with Crippen molar-refractivity contribution in [2.75, 3.05) is 5.32 Å². The van der Waals surface area contributed by atoms with Gasteiger partial charge in [0, 0.05) is 6.42 Å². The SMILES string of the molecule is Cc1ccc(F)c(NC(=O)C2Cc3ccccc3C(=O)O2)c1. The lowest BCUT2D eigenvalue weighted by atomic mass is 9.98. The molecule has 22 heavy (non-hydrogen) atoms. The van der Waals surface area contributed by atoms with Crippen LogP contribution in [0.4, 0.5) is 10.1 Å². The van der Waals surface area contributed by atoms with Gasteiger partial charge >= 0.3 is 5.97 Å². The van der Waals surface area contributed by atoms with Crippen LogP contribution < -0.4 is 5.32 Å². The van der Waals surface area contributed by atoms with Crippen molar-refractivity contribution in [1.82, 2.24) is 0 Å². The largest absolute Gasteiger partial charge is 0.448 e. The van der Waals surface area contributed by atoms with Gasteiger partial charge in [-0.25, -0.2) is 9.18 Å². The summed E-state index contributed by atoms with van der Waals surface area (Å²) in [5.41, 5.74) is 2.12. The minimum Gasteiger partial charge on any atom is -0.448 e. The second-order valence-electron chi connectivity index (χ2n) is 5.23. The number of ether oxygens (including phenoxy) is 1. The summed E-state index contributed by atoms with van der Waals surface area (Å²) in [5.74, 6) is -1.60. The summed E-state index contributed by atoms with van der Waals surface area (Å²) in [6.45, 7) is 1.80. The van der Waals surface area contributed by atoms with Crippen molar-refractivity contribution in [1.29, 1.82) is 0 Å². The number of amides is 1. The van der Waals surface area contributed by atoms with Gasteiger partial charge in [-0.3, -0.25) is 4.79 Å². The first-order valence-electron chi connectivity index (χ1n) is 6.90. The summed E-state index contributed by atoms with van der Waals surface area (Å²) in [7, 11) is 0. The number of carbonyl (C=O) groups excluding carboxylic acids is 2. The van der Waals surface area contributed by atoms with Crippen LogP contribution in [0.25, 0.3) is 0 Å². The summed E-state index contributed by atoms with van der Waals surface area (Å²) in [6.07, 6.45) is -0.677. The van der Waals surface area contributed by atoms with Crippen molar-refractivity contribution in [2.24, 2.45) is 0 Å². The fourth-order valence-corrected chi connectivity index (χ4v) is 2.43. The third-order valence-electron chi connectivity index (χ3n) is 3.56. The van der Waals surface area contributed by atoms with Crippen molar-refractivity contribution in [3.8, 4) is 0 Å². The van der Waals surface area contributed by atoms with Gasteiger partial charge in [-0.1, -0.05) is 24.3 Å². The molecule has 1 unspecified atom stereocenters. The van der Waals surface area contributed by atoms with Crippen LogP contribution in [0.3, 0.4) is 0 Å². The van der Waals surface area contributed by atoms with Gasteiger partial charge in [0.05, 0.1) is 11.3 Å². The topological polar surface area (TPSA) is 55.4 Å². The molecule has 0 aliphatic carbocycles. The van der Waals surface area contributed by atoms with Crippen molar-refractivity contribution < 1.29 is 18.7 Å². The molecule has 1 aliphatic heterocycles. The lowest BCUT2D eigenvalue weighted by Crippen LogP contribution is -2.38. The number of nitrogens with one attached hydrogen (secondary N) is 1. The molecule has 3 rings (SSSR count). The zero-order chi connectivity index (χ0) is 15.7. The molecule has 0 radical (unpaired) electrons. The average Bonchev–Trinajstić information content (AvgIpc) is 2.51. The first-order chi connectivity index (χ1) is 10.5. The van der Waals surface area contributed by atoms with Crippen LogP contribution >= 0.6 is 0 Å². The summed E-state index contributed by atoms with van der Waals surface area (Å²) in [4.78, 5) is 24.1. The number of cyclic esters (lactones) is 1. The van der Waals surface area contributed by atoms with E-state index in [4.69, 9.17) is 4.74 Å². The van der Waals surface area contributed by atoms with Crippen LogP contribution in [-0.4, -0.2) is 18.0 Å². The zero-order valence-corrected chi connectivity index (χ0v) is 11.9. The molecule has 2 aromatic rings. The maximum atomic E-state index is 13.7. The Balaban J connectivity index is 1.79. The van der Waals surface area contributed by atoms with Gasteiger partial charge < -0.3 is 10.1 Å². The number of carbonyl (C=O) groups is 2. The fraction of sp³-hybridized carbons (Fsp3) is 0.176. The molecule has 1 atom stereocenters. The Kier molecular flexibility index (Phi) is 3.63. The summed E-state index contributed by atoms with van der Waals surface area (Å²) in [5, 5.41) is 2.48. The quantitative estimate of drug-likeness (QED) is 0.868. The summed E-state index contributed by atoms with van der Waals surface area (Å²) >= 11 is 0. The molecule has 0 saturated heterocycles. The van der Waals surface area contributed by atoms with Gasteiger partial charge in [0.1, 0.15) is 5.82 Å². The van der Waals surface area contributed by atoms with E-state index in [0.717, 1.165) is 11.1 Å². The molecule has 5 heteroatoms. The van der Waals surface area contributed by atoms with Crippen molar-refractivity contribution >= 4 is 17.6 Å². The monoisotopic (exact) mass is 299 g/mol. The molecule has 0 bridgehead atoms. The second kappa shape index (κ2) is 5.60. The molecule has 112 valence electrons. The fourth-order valence-electron chi connectivity index (χ4n) is 2.43. The highest BCUT2D eigenvalue weighted by Crippen LogP contribution is 2.22. The molecule has 1 N–H and O–H groups in total. The normalized spacial score (nSPS) is 16.6. The second-order valence-corrected chi connectivity index (χ2v) is 5.23. The van der Waals surface area contributed by atoms with Crippen LogP contribution in [0.1, 0.15) is 21.5 Å². The van der Waals surface area contributed by atoms with Gasteiger partial charge in [-0.15, -0.1) is 0 Å². The number of benzene rings is 2. The summed E-state index contributed by atoms with van der Waals surface area (Å²) in [6, 6.07) is 11.4. The number of esters is 1. The molecule has 4 nitrogen and oxygen atoms in total. The number of hydrogen-bond acceptors (Lipinski definition) is 3. The maximum absolute atomic E-state index is 13.7. The molecule has 1 heterocycles. The average molecular weight is 299 g/mol. The van der Waals surface area contributed by atoms with Gasteiger partial charge in [0.15, 0.2) is 6.10 Å². The van der Waals surface area contributed by atoms with Crippen LogP contribution in [0.15, 0.2) is 42.5 Å². The standard InChI is InChI=1S/C17H14FNO3/c1-10-6-7-13(18)14(8-10)19-16(20)15-9-11-4-2-3-5-12(11)17(21)22-15/h2-8,15H,9H2,1H3,(H,19,20). The van der Waals surface area contributed by atoms with E-state index < -0.39 is 23.8 Å². The highest BCUT2D eigenvalue weighted by Gasteiger charge is 2.31. The molecule has 0 saturated carbocycles. The highest BCUT2D eigenvalue weighted by atomic mass is 19.1. The highest BCUT2D eigenvalue weighted by molar-refractivity contribution is 6.00. The molecular formula is C17H14FNO3. The van der Waals surface area contributed by atoms with Gasteiger partial charge in [-0.2, -0.15) is 0 Å². The third-order valence-corrected chi connectivity index (χ3v) is 3.56. The van der Waals surface area contributed by atoms with E-state index in [0.29, 0.717) is 5.56 Å². The van der Waals surface area contributed by atoms with Crippen molar-refractivity contribution in [3.63, 3.8) is 0 Å². The number of halogens is 1. The maximum Gasteiger partial charge on any atom is 0.339 e. The van der Waals surface area contributed by atoms with Gasteiger partial charge in [-0.05, 0) is 36.2 Å². The Morgan fingerprint density at radius 1 is 1.27 bits per heavy atom. The lowest BCUT2D eigenvalue weighted by Gasteiger charge is -2.23. The van der Waals surface area contributed by atoms with E-state index in [2.05, 4.69) is 5.32 Å². The van der Waals surface area contributed by atoms with Crippen molar-refractivity contribution in [2.45, 2.75) is 19.4 Å². The number of rotatable bonds is 2. The predicted molar refractivity (Wildman–Crippen MR) is 79.1 cm³/mol. The lowest BCUT2D eigenvalue weighted by molar-refractivity contribution is -0.125. The van der Waals surface area contributed by atoms with Crippen molar-refractivity contribution in [3.05, 3.63) is 65.0 Å². The summed E-state index contributed by atoms with van der Waals surface area (Å²) < 4.78 is 18.8. The Labute approximate surface area is 126 Å². The number of aryl methyl sites for hydroxylation is 1. The molecule has 1 amide bonds. The minimum absolute atomic E-state index is 0.0832. The van der Waals surface area contributed by atoms with E-state index in [9.17, 15) is 14.0 Å². The Bertz CT molecular complexity index is 757. The molecular weight excluding hydrogens is 285 g/mol. The number of fused-ring (bicyclic) bond motifs is 1.